The third kappa shape index (κ3) is 7.79. The van der Waals surface area contributed by atoms with Crippen LogP contribution in [0, 0.1) is 0 Å². The Balaban J connectivity index is 3.63. The second kappa shape index (κ2) is 8.06. The molecule has 1 heteroatoms. The Labute approximate surface area is 82.2 Å². The molecule has 0 rings (SSSR count). The van der Waals surface area contributed by atoms with Crippen LogP contribution in [-0.4, -0.2) is 11.7 Å². The van der Waals surface area contributed by atoms with Gasteiger partial charge in [0.25, 0.3) is 0 Å². The van der Waals surface area contributed by atoms with Crippen molar-refractivity contribution in [2.24, 2.45) is 0 Å². The molecule has 0 heterocycles. The number of hydrogen-bond acceptors (Lipinski definition) is 1. The first-order chi connectivity index (χ1) is 6.20. The van der Waals surface area contributed by atoms with Crippen molar-refractivity contribution >= 4 is 0 Å². The molecule has 0 aromatic rings. The van der Waals surface area contributed by atoms with Crippen LogP contribution in [0.4, 0.5) is 0 Å². The van der Waals surface area contributed by atoms with Crippen molar-refractivity contribution in [2.45, 2.75) is 46.5 Å². The normalized spacial score (nSPS) is 13.5. The highest BCUT2D eigenvalue weighted by Crippen LogP contribution is 2.08. The summed E-state index contributed by atoms with van der Waals surface area (Å²) in [4.78, 5) is 0. The Kier molecular flexibility index (Phi) is 7.71. The highest BCUT2D eigenvalue weighted by atomic mass is 16.2. The Morgan fingerprint density at radius 3 is 2.23 bits per heavy atom. The van der Waals surface area contributed by atoms with E-state index in [2.05, 4.69) is 32.9 Å². The third-order valence-corrected chi connectivity index (χ3v) is 2.21. The number of rotatable bonds is 6. The summed E-state index contributed by atoms with van der Waals surface area (Å²) in [5.74, 6) is 0. The van der Waals surface area contributed by atoms with Crippen molar-refractivity contribution in [1.29, 1.82) is 0 Å². The van der Waals surface area contributed by atoms with Gasteiger partial charge in [0.2, 0.25) is 0 Å². The van der Waals surface area contributed by atoms with Crippen LogP contribution in [0.2, 0.25) is 0 Å². The van der Waals surface area contributed by atoms with Gasteiger partial charge >= 0.3 is 0 Å². The Bertz CT molecular complexity index is 178. The van der Waals surface area contributed by atoms with E-state index < -0.39 is 0 Å². The number of aliphatic hydroxyl groups excluding tert-OH is 1. The average molecular weight is 182 g/mol. The minimum Gasteiger partial charge on any atom is -0.396 e. The largest absolute Gasteiger partial charge is 0.396 e. The summed E-state index contributed by atoms with van der Waals surface area (Å²) in [7, 11) is 0. The van der Waals surface area contributed by atoms with E-state index in [0.717, 1.165) is 25.7 Å². The molecule has 0 aliphatic carbocycles. The minimum atomic E-state index is 0.265. The predicted molar refractivity (Wildman–Crippen MR) is 58.7 cm³/mol. The van der Waals surface area contributed by atoms with Gasteiger partial charge in [0.15, 0.2) is 0 Å². The van der Waals surface area contributed by atoms with Crippen LogP contribution in [0.5, 0.6) is 0 Å². The van der Waals surface area contributed by atoms with Gasteiger partial charge in [0.1, 0.15) is 0 Å². The van der Waals surface area contributed by atoms with Crippen LogP contribution >= 0.6 is 0 Å². The molecular weight excluding hydrogens is 160 g/mol. The lowest BCUT2D eigenvalue weighted by atomic mass is 10.1. The molecule has 0 spiro atoms. The summed E-state index contributed by atoms with van der Waals surface area (Å²) in [6, 6.07) is 0. The molecule has 0 amide bonds. The molecule has 0 atom stereocenters. The van der Waals surface area contributed by atoms with E-state index >= 15 is 0 Å². The van der Waals surface area contributed by atoms with Gasteiger partial charge in [-0.05, 0) is 39.5 Å². The molecule has 0 saturated carbocycles. The Morgan fingerprint density at radius 1 is 1.08 bits per heavy atom. The highest BCUT2D eigenvalue weighted by Gasteiger charge is 1.89. The molecule has 0 fully saturated rings. The molecule has 0 aliphatic rings. The quantitative estimate of drug-likeness (QED) is 0.624. The zero-order valence-corrected chi connectivity index (χ0v) is 9.14. The van der Waals surface area contributed by atoms with Crippen LogP contribution in [-0.2, 0) is 0 Å². The fraction of sp³-hybridized carbons (Fsp3) is 0.667. The second-order valence-corrected chi connectivity index (χ2v) is 3.51. The number of aliphatic hydroxyl groups is 1. The molecular formula is C12H22O. The van der Waals surface area contributed by atoms with Crippen LogP contribution in [0.1, 0.15) is 46.5 Å². The van der Waals surface area contributed by atoms with E-state index in [4.69, 9.17) is 5.11 Å². The summed E-state index contributed by atoms with van der Waals surface area (Å²) in [5, 5.41) is 8.61. The van der Waals surface area contributed by atoms with Crippen molar-refractivity contribution in [3.05, 3.63) is 23.3 Å². The van der Waals surface area contributed by atoms with E-state index in [0.29, 0.717) is 0 Å². The van der Waals surface area contributed by atoms with Crippen LogP contribution < -0.4 is 0 Å². The molecule has 0 aromatic heterocycles. The van der Waals surface area contributed by atoms with Gasteiger partial charge in [0, 0.05) is 6.61 Å². The zero-order valence-electron chi connectivity index (χ0n) is 9.14. The van der Waals surface area contributed by atoms with Gasteiger partial charge in [-0.1, -0.05) is 30.2 Å². The highest BCUT2D eigenvalue weighted by molar-refractivity contribution is 5.03. The fourth-order valence-electron chi connectivity index (χ4n) is 1.10. The molecule has 0 unspecified atom stereocenters. The molecule has 0 radical (unpaired) electrons. The van der Waals surface area contributed by atoms with Gasteiger partial charge in [-0.25, -0.2) is 0 Å². The topological polar surface area (TPSA) is 20.2 Å². The number of hydrogen-bond donors (Lipinski definition) is 1. The summed E-state index contributed by atoms with van der Waals surface area (Å²) in [6.07, 6.45) is 8.62. The predicted octanol–water partition coefficient (Wildman–Crippen LogP) is 3.45. The Morgan fingerprint density at radius 2 is 1.69 bits per heavy atom. The molecule has 1 nitrogen and oxygen atoms in total. The van der Waals surface area contributed by atoms with Crippen LogP contribution in [0.25, 0.3) is 0 Å². The SMILES string of the molecule is CC/C(C)=C/CC/C(C)=C/CCO. The second-order valence-electron chi connectivity index (χ2n) is 3.51. The molecule has 0 aliphatic heterocycles. The smallest absolute Gasteiger partial charge is 0.0465 e. The molecule has 1 N–H and O–H groups in total. The van der Waals surface area contributed by atoms with Gasteiger partial charge in [-0.15, -0.1) is 0 Å². The first kappa shape index (κ1) is 12.4. The van der Waals surface area contributed by atoms with E-state index in [1.807, 2.05) is 0 Å². The molecule has 0 saturated heterocycles. The summed E-state index contributed by atoms with van der Waals surface area (Å²) in [5.41, 5.74) is 2.85. The maximum absolute atomic E-state index is 8.61. The molecule has 76 valence electrons. The van der Waals surface area contributed by atoms with Crippen LogP contribution in [0.15, 0.2) is 23.3 Å². The van der Waals surface area contributed by atoms with E-state index in [1.165, 1.54) is 11.1 Å². The molecule has 0 aromatic carbocycles. The van der Waals surface area contributed by atoms with Gasteiger partial charge in [-0.2, -0.15) is 0 Å². The van der Waals surface area contributed by atoms with E-state index in [1.54, 1.807) is 0 Å². The van der Waals surface area contributed by atoms with Crippen LogP contribution in [0.3, 0.4) is 0 Å². The van der Waals surface area contributed by atoms with Crippen molar-refractivity contribution in [3.8, 4) is 0 Å². The van der Waals surface area contributed by atoms with Crippen molar-refractivity contribution in [2.75, 3.05) is 6.61 Å². The van der Waals surface area contributed by atoms with Gasteiger partial charge < -0.3 is 5.11 Å². The lowest BCUT2D eigenvalue weighted by Crippen LogP contribution is -1.81. The maximum atomic E-state index is 8.61. The van der Waals surface area contributed by atoms with E-state index in [-0.39, 0.29) is 6.61 Å². The summed E-state index contributed by atoms with van der Waals surface area (Å²) in [6.45, 7) is 6.75. The average Bonchev–Trinajstić information content (AvgIpc) is 2.14. The lowest BCUT2D eigenvalue weighted by Gasteiger charge is -1.99. The van der Waals surface area contributed by atoms with Gasteiger partial charge in [0.05, 0.1) is 0 Å². The monoisotopic (exact) mass is 182 g/mol. The Hall–Kier alpha value is -0.560. The first-order valence-corrected chi connectivity index (χ1v) is 5.12. The van der Waals surface area contributed by atoms with Crippen molar-refractivity contribution in [1.82, 2.24) is 0 Å². The van der Waals surface area contributed by atoms with Crippen molar-refractivity contribution < 1.29 is 5.11 Å². The first-order valence-electron chi connectivity index (χ1n) is 5.12. The number of allylic oxidation sites excluding steroid dienone is 3. The molecule has 0 bridgehead atoms. The van der Waals surface area contributed by atoms with E-state index in [9.17, 15) is 0 Å². The zero-order chi connectivity index (χ0) is 10.1. The lowest BCUT2D eigenvalue weighted by molar-refractivity contribution is 0.302. The van der Waals surface area contributed by atoms with Gasteiger partial charge in [-0.3, -0.25) is 0 Å². The molecule has 13 heavy (non-hydrogen) atoms. The maximum Gasteiger partial charge on any atom is 0.0465 e. The minimum absolute atomic E-state index is 0.265. The standard InChI is InChI=1S/C12H22O/c1-4-11(2)7-5-8-12(3)9-6-10-13/h7,9,13H,4-6,8,10H2,1-3H3/b11-7+,12-9+. The summed E-state index contributed by atoms with van der Waals surface area (Å²) < 4.78 is 0. The summed E-state index contributed by atoms with van der Waals surface area (Å²) >= 11 is 0. The van der Waals surface area contributed by atoms with Crippen molar-refractivity contribution in [3.63, 3.8) is 0 Å². The third-order valence-electron chi connectivity index (χ3n) is 2.21. The fourth-order valence-corrected chi connectivity index (χ4v) is 1.10.